The van der Waals surface area contributed by atoms with E-state index in [0.717, 1.165) is 27.7 Å². The topological polar surface area (TPSA) is 76.5 Å². The van der Waals surface area contributed by atoms with Crippen molar-refractivity contribution >= 4 is 22.2 Å². The number of hydrogen-bond acceptors (Lipinski definition) is 4. The third kappa shape index (κ3) is 2.77. The number of nitrogens with one attached hydrogen (secondary N) is 1. The van der Waals surface area contributed by atoms with Gasteiger partial charge >= 0.3 is 5.69 Å². The van der Waals surface area contributed by atoms with E-state index < -0.39 is 0 Å². The summed E-state index contributed by atoms with van der Waals surface area (Å²) in [5, 5.41) is 1.04. The van der Waals surface area contributed by atoms with Crippen LogP contribution in [-0.2, 0) is 6.54 Å². The summed E-state index contributed by atoms with van der Waals surface area (Å²) in [6.07, 6.45) is 3.45. The third-order valence-corrected chi connectivity index (χ3v) is 4.56. The van der Waals surface area contributed by atoms with Crippen LogP contribution in [0.5, 0.6) is 0 Å². The van der Waals surface area contributed by atoms with Gasteiger partial charge in [0.1, 0.15) is 0 Å². The molecule has 130 valence electrons. The second kappa shape index (κ2) is 6.17. The molecule has 0 atom stereocenters. The molecule has 27 heavy (non-hydrogen) atoms. The molecular weight excluding hydrogens is 338 g/mol. The number of aromatic nitrogens is 5. The van der Waals surface area contributed by atoms with E-state index in [9.17, 15) is 4.79 Å². The van der Waals surface area contributed by atoms with E-state index in [4.69, 9.17) is 0 Å². The van der Waals surface area contributed by atoms with Gasteiger partial charge in [-0.25, -0.2) is 14.8 Å². The number of hydrogen-bond donors (Lipinski definition) is 1. The van der Waals surface area contributed by atoms with Gasteiger partial charge in [-0.2, -0.15) is 0 Å². The minimum absolute atomic E-state index is 0.221. The molecule has 0 fully saturated rings. The van der Waals surface area contributed by atoms with Gasteiger partial charge in [0.15, 0.2) is 11.3 Å². The molecule has 0 unspecified atom stereocenters. The molecule has 6 nitrogen and oxygen atoms in total. The number of pyridine rings is 1. The molecule has 0 aliphatic heterocycles. The van der Waals surface area contributed by atoms with E-state index in [-0.39, 0.29) is 5.69 Å². The normalized spacial score (nSPS) is 11.3. The lowest BCUT2D eigenvalue weighted by molar-refractivity contribution is 0.779. The molecule has 1 N–H and O–H groups in total. The van der Waals surface area contributed by atoms with Crippen LogP contribution in [0.4, 0.5) is 0 Å². The molecule has 5 aromatic rings. The average Bonchev–Trinajstić information content (AvgIpc) is 3.03. The molecule has 0 saturated heterocycles. The molecule has 0 bridgehead atoms. The molecule has 0 radical (unpaired) electrons. The van der Waals surface area contributed by atoms with Crippen molar-refractivity contribution < 1.29 is 0 Å². The van der Waals surface area contributed by atoms with Crippen LogP contribution in [0.25, 0.3) is 33.5 Å². The van der Waals surface area contributed by atoms with Crippen molar-refractivity contribution in [1.82, 2.24) is 24.5 Å². The summed E-state index contributed by atoms with van der Waals surface area (Å²) in [4.78, 5) is 28.7. The van der Waals surface area contributed by atoms with Crippen LogP contribution < -0.4 is 5.69 Å². The standard InChI is InChI=1S/C21H15N5O/c27-21-25-19-20(24-18(12-23-19)15-5-2-1-3-6-15)26(21)13-14-8-9-17-16(11-14)7-4-10-22-17/h1-12H,13H2,(H,23,25,27). The van der Waals surface area contributed by atoms with Crippen LogP contribution in [0.2, 0.25) is 0 Å². The van der Waals surface area contributed by atoms with Crippen molar-refractivity contribution in [3.05, 3.63) is 89.1 Å². The second-order valence-corrected chi connectivity index (χ2v) is 6.34. The number of rotatable bonds is 3. The van der Waals surface area contributed by atoms with Gasteiger partial charge in [0, 0.05) is 17.1 Å². The molecule has 0 aliphatic rings. The maximum absolute atomic E-state index is 12.5. The summed E-state index contributed by atoms with van der Waals surface area (Å²) in [5.41, 5.74) is 4.45. The fraction of sp³-hybridized carbons (Fsp3) is 0.0476. The largest absolute Gasteiger partial charge is 0.329 e. The zero-order valence-corrected chi connectivity index (χ0v) is 14.3. The first-order chi connectivity index (χ1) is 13.3. The van der Waals surface area contributed by atoms with Gasteiger partial charge in [-0.3, -0.25) is 14.5 Å². The summed E-state index contributed by atoms with van der Waals surface area (Å²) in [5.74, 6) is 0. The summed E-state index contributed by atoms with van der Waals surface area (Å²) >= 11 is 0. The molecule has 2 aromatic carbocycles. The van der Waals surface area contributed by atoms with Crippen LogP contribution in [0.1, 0.15) is 5.56 Å². The van der Waals surface area contributed by atoms with Gasteiger partial charge in [-0.05, 0) is 23.8 Å². The van der Waals surface area contributed by atoms with Crippen LogP contribution in [0.3, 0.4) is 0 Å². The Morgan fingerprint density at radius 3 is 2.74 bits per heavy atom. The third-order valence-electron chi connectivity index (χ3n) is 4.56. The van der Waals surface area contributed by atoms with Crippen LogP contribution >= 0.6 is 0 Å². The number of aromatic amines is 1. The zero-order valence-electron chi connectivity index (χ0n) is 14.3. The van der Waals surface area contributed by atoms with Gasteiger partial charge < -0.3 is 0 Å². The fourth-order valence-electron chi connectivity index (χ4n) is 3.22. The number of benzene rings is 2. The van der Waals surface area contributed by atoms with Crippen molar-refractivity contribution in [2.24, 2.45) is 0 Å². The predicted octanol–water partition coefficient (Wildman–Crippen LogP) is 3.38. The highest BCUT2D eigenvalue weighted by Gasteiger charge is 2.12. The van der Waals surface area contributed by atoms with Crippen molar-refractivity contribution in [1.29, 1.82) is 0 Å². The highest BCUT2D eigenvalue weighted by Crippen LogP contribution is 2.19. The first-order valence-corrected chi connectivity index (χ1v) is 8.62. The van der Waals surface area contributed by atoms with Crippen molar-refractivity contribution in [2.75, 3.05) is 0 Å². The van der Waals surface area contributed by atoms with Crippen LogP contribution in [0, 0.1) is 0 Å². The summed E-state index contributed by atoms with van der Waals surface area (Å²) in [6.45, 7) is 0.413. The van der Waals surface area contributed by atoms with Crippen molar-refractivity contribution in [3.8, 4) is 11.3 Å². The maximum atomic E-state index is 12.5. The van der Waals surface area contributed by atoms with Crippen molar-refractivity contribution in [3.63, 3.8) is 0 Å². The highest BCUT2D eigenvalue weighted by atomic mass is 16.1. The van der Waals surface area contributed by atoms with Gasteiger partial charge in [-0.1, -0.05) is 42.5 Å². The van der Waals surface area contributed by atoms with Gasteiger partial charge in [0.2, 0.25) is 0 Å². The summed E-state index contributed by atoms with van der Waals surface area (Å²) in [7, 11) is 0. The SMILES string of the molecule is O=c1[nH]c2ncc(-c3ccccc3)nc2n1Cc1ccc2ncccc2c1. The molecule has 5 rings (SSSR count). The predicted molar refractivity (Wildman–Crippen MR) is 104 cm³/mol. The number of fused-ring (bicyclic) bond motifs is 2. The van der Waals surface area contributed by atoms with E-state index >= 15 is 0 Å². The van der Waals surface area contributed by atoms with Crippen LogP contribution in [-0.4, -0.2) is 24.5 Å². The monoisotopic (exact) mass is 353 g/mol. The van der Waals surface area contributed by atoms with Gasteiger partial charge in [0.05, 0.1) is 24.0 Å². The Bertz CT molecular complexity index is 1320. The Labute approximate surface area is 154 Å². The lowest BCUT2D eigenvalue weighted by atomic mass is 10.1. The lowest BCUT2D eigenvalue weighted by Gasteiger charge is -2.06. The maximum Gasteiger partial charge on any atom is 0.329 e. The number of nitrogens with zero attached hydrogens (tertiary/aromatic N) is 4. The van der Waals surface area contributed by atoms with Gasteiger partial charge in [0.25, 0.3) is 0 Å². The van der Waals surface area contributed by atoms with E-state index in [1.165, 1.54) is 0 Å². The Balaban J connectivity index is 1.61. The zero-order chi connectivity index (χ0) is 18.2. The molecular formula is C21H15N5O. The number of imidazole rings is 1. The van der Waals surface area contributed by atoms with E-state index in [0.29, 0.717) is 17.8 Å². The fourth-order valence-corrected chi connectivity index (χ4v) is 3.22. The molecule has 0 spiro atoms. The highest BCUT2D eigenvalue weighted by molar-refractivity contribution is 5.79. The summed E-state index contributed by atoms with van der Waals surface area (Å²) in [6, 6.07) is 19.7. The molecule has 0 saturated carbocycles. The molecule has 6 heteroatoms. The molecule has 3 aromatic heterocycles. The Kier molecular flexibility index (Phi) is 3.53. The minimum atomic E-state index is -0.221. The lowest BCUT2D eigenvalue weighted by Crippen LogP contribution is -2.17. The Morgan fingerprint density at radius 1 is 0.963 bits per heavy atom. The van der Waals surface area contributed by atoms with Crippen molar-refractivity contribution in [2.45, 2.75) is 6.54 Å². The van der Waals surface area contributed by atoms with E-state index in [2.05, 4.69) is 19.9 Å². The van der Waals surface area contributed by atoms with E-state index in [1.54, 1.807) is 17.0 Å². The Morgan fingerprint density at radius 2 is 1.85 bits per heavy atom. The minimum Gasteiger partial charge on any atom is -0.289 e. The van der Waals surface area contributed by atoms with Crippen LogP contribution in [0.15, 0.2) is 77.9 Å². The van der Waals surface area contributed by atoms with E-state index in [1.807, 2.05) is 60.7 Å². The van der Waals surface area contributed by atoms with Gasteiger partial charge in [-0.15, -0.1) is 0 Å². The second-order valence-electron chi connectivity index (χ2n) is 6.34. The first kappa shape index (κ1) is 15.5. The number of H-pyrrole nitrogens is 1. The molecule has 3 heterocycles. The average molecular weight is 353 g/mol. The smallest absolute Gasteiger partial charge is 0.289 e. The quantitative estimate of drug-likeness (QED) is 0.539. The molecule has 0 aliphatic carbocycles. The molecule has 0 amide bonds. The Hall–Kier alpha value is -3.80. The summed E-state index contributed by atoms with van der Waals surface area (Å²) < 4.78 is 1.62. The first-order valence-electron chi connectivity index (χ1n) is 8.62.